The molecule has 3 rings (SSSR count). The van der Waals surface area contributed by atoms with Gasteiger partial charge in [-0.2, -0.15) is 0 Å². The number of halogens is 1. The maximum absolute atomic E-state index is 13.0. The fourth-order valence-corrected chi connectivity index (χ4v) is 4.64. The van der Waals surface area contributed by atoms with Gasteiger partial charge in [-0.1, -0.05) is 29.8 Å². The van der Waals surface area contributed by atoms with E-state index in [0.717, 1.165) is 10.6 Å². The number of anilines is 2. The van der Waals surface area contributed by atoms with Crippen LogP contribution in [-0.4, -0.2) is 36.0 Å². The van der Waals surface area contributed by atoms with Crippen LogP contribution in [0.1, 0.15) is 12.6 Å². The number of nitrogens with one attached hydrogen (secondary N) is 1. The van der Waals surface area contributed by atoms with Gasteiger partial charge in [0, 0.05) is 12.1 Å². The molecule has 1 aromatic heterocycles. The molecule has 1 unspecified atom stereocenters. The minimum Gasteiger partial charge on any atom is -0.318 e. The lowest BCUT2D eigenvalue weighted by atomic mass is 10.2. The molecular formula is C21H23ClN4O4S. The molecule has 0 bridgehead atoms. The van der Waals surface area contributed by atoms with Gasteiger partial charge >= 0.3 is 0 Å². The number of nitrogens with zero attached hydrogens (tertiary/aromatic N) is 3. The molecule has 164 valence electrons. The van der Waals surface area contributed by atoms with E-state index in [0.29, 0.717) is 22.1 Å². The van der Waals surface area contributed by atoms with Crippen molar-refractivity contribution in [1.29, 1.82) is 0 Å². The first-order valence-corrected chi connectivity index (χ1v) is 11.6. The van der Waals surface area contributed by atoms with Crippen molar-refractivity contribution >= 4 is 38.9 Å². The van der Waals surface area contributed by atoms with Gasteiger partial charge in [0.05, 0.1) is 23.3 Å². The van der Waals surface area contributed by atoms with Gasteiger partial charge in [-0.25, -0.2) is 13.1 Å². The Balaban J connectivity index is 1.97. The fourth-order valence-electron chi connectivity index (χ4n) is 3.34. The first-order valence-electron chi connectivity index (χ1n) is 9.42. The number of sulfonamides is 1. The molecule has 2 aromatic carbocycles. The maximum Gasteiger partial charge on any atom is 0.295 e. The van der Waals surface area contributed by atoms with Crippen LogP contribution in [0.3, 0.4) is 0 Å². The molecule has 3 aromatic rings. The van der Waals surface area contributed by atoms with Gasteiger partial charge in [0.15, 0.2) is 0 Å². The molecule has 1 N–H and O–H groups in total. The molecule has 1 amide bonds. The Labute approximate surface area is 185 Å². The molecule has 10 heteroatoms. The van der Waals surface area contributed by atoms with Crippen LogP contribution in [-0.2, 0) is 21.9 Å². The van der Waals surface area contributed by atoms with E-state index in [1.165, 1.54) is 23.7 Å². The second kappa shape index (κ2) is 8.60. The predicted octanol–water partition coefficient (Wildman–Crippen LogP) is 2.93. The number of carbonyl (C=O) groups is 1. The molecule has 1 heterocycles. The third-order valence-electron chi connectivity index (χ3n) is 4.97. The van der Waals surface area contributed by atoms with Gasteiger partial charge in [-0.3, -0.25) is 18.6 Å². The summed E-state index contributed by atoms with van der Waals surface area (Å²) in [4.78, 5) is 26.0. The molecule has 0 spiro atoms. The quantitative estimate of drug-likeness (QED) is 0.609. The third kappa shape index (κ3) is 4.52. The summed E-state index contributed by atoms with van der Waals surface area (Å²) < 4.78 is 28.9. The molecule has 0 fully saturated rings. The lowest BCUT2D eigenvalue weighted by Gasteiger charge is -2.28. The first-order chi connectivity index (χ1) is 14.5. The highest BCUT2D eigenvalue weighted by Crippen LogP contribution is 2.24. The molecule has 0 saturated heterocycles. The monoisotopic (exact) mass is 462 g/mol. The standard InChI is InChI=1S/C21H23ClN4O4S/c1-14-19(21(28)25(24(14)3)17-8-6-5-7-9-17)23-20(27)15(2)26(31(4,29)30)18-12-10-16(22)11-13-18/h5-13,15H,1-4H3,(H,23,27). The van der Waals surface area contributed by atoms with Crippen molar-refractivity contribution in [2.75, 3.05) is 15.9 Å². The van der Waals surface area contributed by atoms with Crippen molar-refractivity contribution in [2.45, 2.75) is 19.9 Å². The summed E-state index contributed by atoms with van der Waals surface area (Å²) in [5.41, 5.74) is 1.15. The smallest absolute Gasteiger partial charge is 0.295 e. The van der Waals surface area contributed by atoms with Gasteiger partial charge in [-0.05, 0) is 50.2 Å². The van der Waals surface area contributed by atoms with E-state index in [1.807, 2.05) is 6.07 Å². The minimum absolute atomic E-state index is 0.0905. The lowest BCUT2D eigenvalue weighted by Crippen LogP contribution is -2.45. The highest BCUT2D eigenvalue weighted by Gasteiger charge is 2.30. The molecule has 0 radical (unpaired) electrons. The van der Waals surface area contributed by atoms with Gasteiger partial charge in [0.25, 0.3) is 5.56 Å². The maximum atomic E-state index is 13.0. The highest BCUT2D eigenvalue weighted by atomic mass is 35.5. The minimum atomic E-state index is -3.79. The number of hydrogen-bond donors (Lipinski definition) is 1. The van der Waals surface area contributed by atoms with Crippen LogP contribution >= 0.6 is 11.6 Å². The molecule has 0 aliphatic carbocycles. The Morgan fingerprint density at radius 3 is 2.23 bits per heavy atom. The molecule has 0 saturated carbocycles. The zero-order valence-electron chi connectivity index (χ0n) is 17.5. The predicted molar refractivity (Wildman–Crippen MR) is 123 cm³/mol. The average molecular weight is 463 g/mol. The van der Waals surface area contributed by atoms with Gasteiger partial charge < -0.3 is 5.32 Å². The van der Waals surface area contributed by atoms with Crippen LogP contribution in [0.25, 0.3) is 5.69 Å². The second-order valence-electron chi connectivity index (χ2n) is 7.14. The van der Waals surface area contributed by atoms with Crippen LogP contribution < -0.4 is 15.2 Å². The normalized spacial score (nSPS) is 12.4. The summed E-state index contributed by atoms with van der Waals surface area (Å²) in [6.45, 7) is 3.16. The first kappa shape index (κ1) is 22.6. The summed E-state index contributed by atoms with van der Waals surface area (Å²) >= 11 is 5.90. The third-order valence-corrected chi connectivity index (χ3v) is 6.47. The Morgan fingerprint density at radius 2 is 1.68 bits per heavy atom. The van der Waals surface area contributed by atoms with E-state index >= 15 is 0 Å². The Kier molecular flexibility index (Phi) is 6.28. The molecule has 0 aliphatic rings. The van der Waals surface area contributed by atoms with Gasteiger partial charge in [0.2, 0.25) is 15.9 Å². The van der Waals surface area contributed by atoms with E-state index < -0.39 is 27.5 Å². The summed E-state index contributed by atoms with van der Waals surface area (Å²) in [7, 11) is -2.08. The van der Waals surface area contributed by atoms with E-state index in [2.05, 4.69) is 5.32 Å². The molecule has 8 nitrogen and oxygen atoms in total. The molecule has 0 aliphatic heterocycles. The van der Waals surface area contributed by atoms with Crippen molar-refractivity contribution in [3.05, 3.63) is 75.7 Å². The van der Waals surface area contributed by atoms with Crippen molar-refractivity contribution in [3.8, 4) is 5.69 Å². The zero-order chi connectivity index (χ0) is 22.9. The van der Waals surface area contributed by atoms with Crippen molar-refractivity contribution in [2.24, 2.45) is 7.05 Å². The van der Waals surface area contributed by atoms with Crippen LogP contribution in [0.4, 0.5) is 11.4 Å². The summed E-state index contributed by atoms with van der Waals surface area (Å²) in [6, 6.07) is 14.0. The second-order valence-corrected chi connectivity index (χ2v) is 9.43. The van der Waals surface area contributed by atoms with Crippen molar-refractivity contribution < 1.29 is 13.2 Å². The summed E-state index contributed by atoms with van der Waals surface area (Å²) in [5, 5.41) is 3.06. The SMILES string of the molecule is Cc1c(NC(=O)C(C)N(c2ccc(Cl)cc2)S(C)(=O)=O)c(=O)n(-c2ccccc2)n1C. The Morgan fingerprint density at radius 1 is 1.10 bits per heavy atom. The van der Waals surface area contributed by atoms with Crippen LogP contribution in [0.15, 0.2) is 59.4 Å². The Bertz CT molecular complexity index is 1270. The number of benzene rings is 2. The van der Waals surface area contributed by atoms with E-state index in [9.17, 15) is 18.0 Å². The van der Waals surface area contributed by atoms with Crippen molar-refractivity contribution in [1.82, 2.24) is 9.36 Å². The van der Waals surface area contributed by atoms with E-state index in [-0.39, 0.29) is 5.69 Å². The summed E-state index contributed by atoms with van der Waals surface area (Å²) in [5.74, 6) is -0.633. The molecule has 31 heavy (non-hydrogen) atoms. The zero-order valence-corrected chi connectivity index (χ0v) is 19.1. The number of para-hydroxylation sites is 1. The van der Waals surface area contributed by atoms with Crippen LogP contribution in [0.5, 0.6) is 0 Å². The van der Waals surface area contributed by atoms with Crippen LogP contribution in [0, 0.1) is 6.92 Å². The van der Waals surface area contributed by atoms with Gasteiger partial charge in [-0.15, -0.1) is 0 Å². The lowest BCUT2D eigenvalue weighted by molar-refractivity contribution is -0.116. The molecular weight excluding hydrogens is 440 g/mol. The van der Waals surface area contributed by atoms with Crippen LogP contribution in [0.2, 0.25) is 5.02 Å². The van der Waals surface area contributed by atoms with Crippen molar-refractivity contribution in [3.63, 3.8) is 0 Å². The number of rotatable bonds is 6. The van der Waals surface area contributed by atoms with E-state index in [1.54, 1.807) is 55.1 Å². The fraction of sp³-hybridized carbons (Fsp3) is 0.238. The Hall–Kier alpha value is -3.04. The summed E-state index contributed by atoms with van der Waals surface area (Å²) in [6.07, 6.45) is 1.02. The number of carbonyl (C=O) groups excluding carboxylic acids is 1. The highest BCUT2D eigenvalue weighted by molar-refractivity contribution is 7.92. The topological polar surface area (TPSA) is 93.4 Å². The largest absolute Gasteiger partial charge is 0.318 e. The average Bonchev–Trinajstić information content (AvgIpc) is 2.92. The molecule has 1 atom stereocenters. The number of hydrogen-bond acceptors (Lipinski definition) is 4. The number of amides is 1. The number of aromatic nitrogens is 2. The van der Waals surface area contributed by atoms with Gasteiger partial charge in [0.1, 0.15) is 11.7 Å². The van der Waals surface area contributed by atoms with E-state index in [4.69, 9.17) is 11.6 Å².